The van der Waals surface area contributed by atoms with Crippen LogP contribution < -0.4 is 16.4 Å². The van der Waals surface area contributed by atoms with Crippen molar-refractivity contribution in [1.82, 2.24) is 4.31 Å². The van der Waals surface area contributed by atoms with Crippen LogP contribution in [0.4, 0.5) is 5.69 Å². The monoisotopic (exact) mass is 392 g/mol. The summed E-state index contributed by atoms with van der Waals surface area (Å²) in [6.07, 6.45) is 4.90. The van der Waals surface area contributed by atoms with Crippen molar-refractivity contribution >= 4 is 27.6 Å². The summed E-state index contributed by atoms with van der Waals surface area (Å²) >= 11 is 0. The van der Waals surface area contributed by atoms with Crippen LogP contribution in [0.15, 0.2) is 39.1 Å². The minimum atomic E-state index is -3.50. The van der Waals surface area contributed by atoms with E-state index in [2.05, 4.69) is 9.98 Å². The topological polar surface area (TPSA) is 117 Å². The minimum absolute atomic E-state index is 0.200. The maximum absolute atomic E-state index is 12.7. The summed E-state index contributed by atoms with van der Waals surface area (Å²) < 4.78 is 26.9. The standard InChI is InChI=1S/C18H28N6O2S/c1-3-23(4-2)27(25,26)15-10-8-14(9-11-15)24-17(20)21-16(19)22-18(24)12-6-5-7-13-18/h8-11H,3-7,12-13H2,1-2H3,(H4,19,20,21,22). The number of hydrogen-bond donors (Lipinski definition) is 2. The summed E-state index contributed by atoms with van der Waals surface area (Å²) in [5, 5.41) is 0. The number of guanidine groups is 2. The van der Waals surface area contributed by atoms with Crippen LogP contribution in [-0.2, 0) is 10.0 Å². The highest BCUT2D eigenvalue weighted by Gasteiger charge is 2.42. The van der Waals surface area contributed by atoms with Crippen molar-refractivity contribution < 1.29 is 8.42 Å². The number of benzene rings is 1. The summed E-state index contributed by atoms with van der Waals surface area (Å²) in [4.78, 5) is 10.9. The van der Waals surface area contributed by atoms with E-state index in [9.17, 15) is 8.42 Å². The van der Waals surface area contributed by atoms with Crippen LogP contribution in [0.5, 0.6) is 0 Å². The molecule has 0 unspecified atom stereocenters. The van der Waals surface area contributed by atoms with E-state index >= 15 is 0 Å². The number of hydrogen-bond acceptors (Lipinski definition) is 7. The molecule has 1 spiro atoms. The van der Waals surface area contributed by atoms with Crippen molar-refractivity contribution in [3.8, 4) is 0 Å². The maximum atomic E-state index is 12.7. The molecule has 0 bridgehead atoms. The first-order chi connectivity index (χ1) is 12.8. The van der Waals surface area contributed by atoms with Crippen LogP contribution in [-0.4, -0.2) is 43.4 Å². The molecule has 1 aromatic rings. The van der Waals surface area contributed by atoms with E-state index in [1.165, 1.54) is 4.31 Å². The molecule has 0 saturated heterocycles. The van der Waals surface area contributed by atoms with Gasteiger partial charge < -0.3 is 11.5 Å². The first-order valence-electron chi connectivity index (χ1n) is 9.44. The molecule has 0 radical (unpaired) electrons. The summed E-state index contributed by atoms with van der Waals surface area (Å²) in [7, 11) is -3.50. The van der Waals surface area contributed by atoms with E-state index in [0.717, 1.165) is 37.8 Å². The highest BCUT2D eigenvalue weighted by Crippen LogP contribution is 2.39. The van der Waals surface area contributed by atoms with Gasteiger partial charge in [0.25, 0.3) is 0 Å². The second-order valence-electron chi connectivity index (χ2n) is 6.90. The number of nitrogens with two attached hydrogens (primary N) is 2. The predicted molar refractivity (Wildman–Crippen MR) is 108 cm³/mol. The SMILES string of the molecule is CCN(CC)S(=O)(=O)c1ccc(N2C(N)=NC(N)=NC23CCCCC3)cc1. The van der Waals surface area contributed by atoms with Crippen molar-refractivity contribution in [3.05, 3.63) is 24.3 Å². The molecule has 148 valence electrons. The second-order valence-corrected chi connectivity index (χ2v) is 8.84. The molecular formula is C18H28N6O2S. The summed E-state index contributed by atoms with van der Waals surface area (Å²) in [5.41, 5.74) is 12.3. The lowest BCUT2D eigenvalue weighted by Gasteiger charge is -2.45. The fourth-order valence-electron chi connectivity index (χ4n) is 3.97. The van der Waals surface area contributed by atoms with E-state index in [4.69, 9.17) is 11.5 Å². The van der Waals surface area contributed by atoms with Gasteiger partial charge in [0.2, 0.25) is 21.9 Å². The van der Waals surface area contributed by atoms with E-state index < -0.39 is 15.7 Å². The third-order valence-electron chi connectivity index (χ3n) is 5.29. The first kappa shape index (κ1) is 19.6. The van der Waals surface area contributed by atoms with Gasteiger partial charge >= 0.3 is 0 Å². The summed E-state index contributed by atoms with van der Waals surface area (Å²) in [6.45, 7) is 4.53. The average molecular weight is 393 g/mol. The average Bonchev–Trinajstić information content (AvgIpc) is 2.63. The zero-order valence-corrected chi connectivity index (χ0v) is 16.7. The van der Waals surface area contributed by atoms with Crippen molar-refractivity contribution in [2.75, 3.05) is 18.0 Å². The Morgan fingerprint density at radius 2 is 1.67 bits per heavy atom. The Bertz CT molecular complexity index is 837. The van der Waals surface area contributed by atoms with E-state index in [0.29, 0.717) is 19.0 Å². The molecule has 4 N–H and O–H groups in total. The zero-order valence-electron chi connectivity index (χ0n) is 15.9. The van der Waals surface area contributed by atoms with Crippen LogP contribution in [0, 0.1) is 0 Å². The lowest BCUT2D eigenvalue weighted by atomic mass is 9.87. The largest absolute Gasteiger partial charge is 0.369 e. The van der Waals surface area contributed by atoms with Gasteiger partial charge in [0.1, 0.15) is 5.66 Å². The molecular weight excluding hydrogens is 364 g/mol. The molecule has 9 heteroatoms. The molecule has 1 aliphatic heterocycles. The van der Waals surface area contributed by atoms with E-state index in [1.807, 2.05) is 18.7 Å². The molecule has 27 heavy (non-hydrogen) atoms. The van der Waals surface area contributed by atoms with Gasteiger partial charge in [-0.1, -0.05) is 20.3 Å². The first-order valence-corrected chi connectivity index (χ1v) is 10.9. The molecule has 1 heterocycles. The second kappa shape index (κ2) is 7.47. The molecule has 0 amide bonds. The lowest BCUT2D eigenvalue weighted by Crippen LogP contribution is -2.58. The number of sulfonamides is 1. The number of aliphatic imine (C=N–C) groups is 2. The van der Waals surface area contributed by atoms with Gasteiger partial charge in [-0.05, 0) is 49.9 Å². The molecule has 2 aliphatic rings. The van der Waals surface area contributed by atoms with Gasteiger partial charge in [-0.2, -0.15) is 9.30 Å². The van der Waals surface area contributed by atoms with Crippen LogP contribution in [0.2, 0.25) is 0 Å². The predicted octanol–water partition coefficient (Wildman–Crippen LogP) is 1.83. The molecule has 1 fully saturated rings. The van der Waals surface area contributed by atoms with Crippen LogP contribution in [0.25, 0.3) is 0 Å². The third-order valence-corrected chi connectivity index (χ3v) is 7.35. The van der Waals surface area contributed by atoms with Gasteiger partial charge in [-0.3, -0.25) is 4.90 Å². The molecule has 1 aromatic carbocycles. The van der Waals surface area contributed by atoms with Gasteiger partial charge in [-0.25, -0.2) is 13.4 Å². The Labute approximate surface area is 161 Å². The Hall–Kier alpha value is -2.13. The van der Waals surface area contributed by atoms with E-state index in [-0.39, 0.29) is 10.9 Å². The molecule has 8 nitrogen and oxygen atoms in total. The fraction of sp³-hybridized carbons (Fsp3) is 0.556. The third kappa shape index (κ3) is 3.53. The van der Waals surface area contributed by atoms with Gasteiger partial charge in [0.15, 0.2) is 0 Å². The van der Waals surface area contributed by atoms with Gasteiger partial charge in [-0.15, -0.1) is 0 Å². The smallest absolute Gasteiger partial charge is 0.243 e. The normalized spacial score (nSPS) is 19.9. The van der Waals surface area contributed by atoms with Crippen molar-refractivity contribution in [1.29, 1.82) is 0 Å². The zero-order chi connectivity index (χ0) is 19.7. The minimum Gasteiger partial charge on any atom is -0.369 e. The van der Waals surface area contributed by atoms with Crippen molar-refractivity contribution in [2.45, 2.75) is 56.5 Å². The fourth-order valence-corrected chi connectivity index (χ4v) is 5.43. The van der Waals surface area contributed by atoms with Crippen LogP contribution in [0.1, 0.15) is 46.0 Å². The molecule has 0 aromatic heterocycles. The Morgan fingerprint density at radius 1 is 1.07 bits per heavy atom. The quantitative estimate of drug-likeness (QED) is 0.793. The molecule has 3 rings (SSSR count). The van der Waals surface area contributed by atoms with Gasteiger partial charge in [0.05, 0.1) is 4.90 Å². The maximum Gasteiger partial charge on any atom is 0.243 e. The highest BCUT2D eigenvalue weighted by atomic mass is 32.2. The Morgan fingerprint density at radius 3 is 2.22 bits per heavy atom. The molecule has 0 atom stereocenters. The Kier molecular flexibility index (Phi) is 5.43. The Balaban J connectivity index is 1.97. The van der Waals surface area contributed by atoms with Crippen LogP contribution in [0.3, 0.4) is 0 Å². The van der Waals surface area contributed by atoms with Crippen molar-refractivity contribution in [2.24, 2.45) is 21.5 Å². The lowest BCUT2D eigenvalue weighted by molar-refractivity contribution is 0.305. The number of nitrogens with zero attached hydrogens (tertiary/aromatic N) is 4. The summed E-state index contributed by atoms with van der Waals surface area (Å²) in [6, 6.07) is 6.78. The molecule has 1 aliphatic carbocycles. The summed E-state index contributed by atoms with van der Waals surface area (Å²) in [5.74, 6) is 0.495. The van der Waals surface area contributed by atoms with Gasteiger partial charge in [0, 0.05) is 18.8 Å². The number of anilines is 1. The number of rotatable bonds is 5. The molecule has 1 saturated carbocycles. The van der Waals surface area contributed by atoms with Crippen LogP contribution >= 0.6 is 0 Å². The van der Waals surface area contributed by atoms with Crippen molar-refractivity contribution in [3.63, 3.8) is 0 Å². The highest BCUT2D eigenvalue weighted by molar-refractivity contribution is 7.89. The van der Waals surface area contributed by atoms with E-state index in [1.54, 1.807) is 24.3 Å².